The van der Waals surface area contributed by atoms with Crippen molar-refractivity contribution in [1.82, 2.24) is 18.8 Å². The van der Waals surface area contributed by atoms with E-state index in [0.717, 1.165) is 32.5 Å². The van der Waals surface area contributed by atoms with E-state index in [2.05, 4.69) is 33.0 Å². The van der Waals surface area contributed by atoms with Crippen molar-refractivity contribution >= 4 is 32.8 Å². The molecule has 1 N–H and O–H groups in total. The van der Waals surface area contributed by atoms with Gasteiger partial charge in [0, 0.05) is 13.1 Å². The Hall–Kier alpha value is -2.21. The molecular formula is C23H30N6O3S2. The first-order valence-electron chi connectivity index (χ1n) is 11.7. The van der Waals surface area contributed by atoms with Gasteiger partial charge in [-0.2, -0.15) is 10.2 Å². The molecule has 0 radical (unpaired) electrons. The van der Waals surface area contributed by atoms with Crippen LogP contribution in [0.2, 0.25) is 0 Å². The number of likely N-dealkylation sites (tertiary alicyclic amines) is 1. The molecule has 1 saturated heterocycles. The molecule has 9 nitrogen and oxygen atoms in total. The van der Waals surface area contributed by atoms with E-state index in [9.17, 15) is 13.2 Å². The van der Waals surface area contributed by atoms with Crippen molar-refractivity contribution in [2.45, 2.75) is 60.0 Å². The van der Waals surface area contributed by atoms with E-state index < -0.39 is 21.1 Å². The van der Waals surface area contributed by atoms with Crippen LogP contribution >= 0.6 is 11.8 Å². The van der Waals surface area contributed by atoms with Crippen molar-refractivity contribution in [3.8, 4) is 0 Å². The topological polar surface area (TPSA) is 101 Å². The Bertz CT molecular complexity index is 1300. The molecule has 1 aliphatic carbocycles. The van der Waals surface area contributed by atoms with Crippen LogP contribution in [0.3, 0.4) is 0 Å². The van der Waals surface area contributed by atoms with E-state index in [0.29, 0.717) is 17.6 Å². The number of hydrogen-bond donors (Lipinski definition) is 1. The number of hydrogen-bond acceptors (Lipinski definition) is 7. The van der Waals surface area contributed by atoms with Crippen LogP contribution in [0.15, 0.2) is 63.4 Å². The summed E-state index contributed by atoms with van der Waals surface area (Å²) in [5.74, 6) is 0. The van der Waals surface area contributed by atoms with Crippen molar-refractivity contribution in [3.63, 3.8) is 0 Å². The number of nitrogens with one attached hydrogen (secondary N) is 1. The first kappa shape index (κ1) is 23.5. The maximum Gasteiger partial charge on any atom is 0.331 e. The molecule has 1 aromatic carbocycles. The quantitative estimate of drug-likeness (QED) is 0.529. The Morgan fingerprint density at radius 2 is 1.88 bits per heavy atom. The van der Waals surface area contributed by atoms with Gasteiger partial charge in [-0.1, -0.05) is 30.3 Å². The highest BCUT2D eigenvalue weighted by Crippen LogP contribution is 2.39. The number of imidazole rings is 1. The number of piperidine rings is 1. The molecule has 2 atom stereocenters. The van der Waals surface area contributed by atoms with Crippen molar-refractivity contribution in [2.75, 3.05) is 19.6 Å². The van der Waals surface area contributed by atoms with Gasteiger partial charge in [0.25, 0.3) is 0 Å². The fourth-order valence-corrected chi connectivity index (χ4v) is 6.97. The van der Waals surface area contributed by atoms with Gasteiger partial charge < -0.3 is 4.90 Å². The Morgan fingerprint density at radius 3 is 2.53 bits per heavy atom. The van der Waals surface area contributed by atoms with Crippen LogP contribution in [0.1, 0.15) is 37.6 Å². The molecule has 2 aromatic rings. The van der Waals surface area contributed by atoms with E-state index in [1.165, 1.54) is 31.0 Å². The minimum atomic E-state index is -3.78. The second kappa shape index (κ2) is 9.10. The zero-order valence-electron chi connectivity index (χ0n) is 19.1. The van der Waals surface area contributed by atoms with Gasteiger partial charge in [-0.3, -0.25) is 9.13 Å². The van der Waals surface area contributed by atoms with Crippen LogP contribution in [-0.2, 0) is 16.6 Å². The summed E-state index contributed by atoms with van der Waals surface area (Å²) in [4.78, 5) is 16.1. The van der Waals surface area contributed by atoms with Crippen LogP contribution in [0.5, 0.6) is 0 Å². The minimum Gasteiger partial charge on any atom is -0.302 e. The number of nitrogens with zero attached hydrogens (tertiary/aromatic N) is 5. The number of benzene rings is 1. The van der Waals surface area contributed by atoms with Crippen LogP contribution < -0.4 is 10.4 Å². The lowest BCUT2D eigenvalue weighted by atomic mass is 10.1. The summed E-state index contributed by atoms with van der Waals surface area (Å²) < 4.78 is 32.3. The Labute approximate surface area is 203 Å². The maximum absolute atomic E-state index is 13.6. The summed E-state index contributed by atoms with van der Waals surface area (Å²) in [6.45, 7) is 10.9. The molecule has 3 aliphatic rings. The van der Waals surface area contributed by atoms with Gasteiger partial charge in [0.15, 0.2) is 5.50 Å². The molecule has 2 unspecified atom stereocenters. The summed E-state index contributed by atoms with van der Waals surface area (Å²) in [6, 6.07) is 4.88. The Kier molecular flexibility index (Phi) is 6.30. The average molecular weight is 503 g/mol. The van der Waals surface area contributed by atoms with Crippen molar-refractivity contribution in [3.05, 3.63) is 54.0 Å². The van der Waals surface area contributed by atoms with Gasteiger partial charge in [-0.05, 0) is 57.0 Å². The molecular weight excluding hydrogens is 472 g/mol. The fourth-order valence-electron chi connectivity index (χ4n) is 4.61. The number of aromatic nitrogens is 2. The molecule has 5 rings (SSSR count). The summed E-state index contributed by atoms with van der Waals surface area (Å²) in [6.07, 6.45) is 8.41. The SMILES string of the molecule is C=CC1N=NC(n2c(=O)n(CCN3CCCCC3)c3ccc(S(=O)(=O)NC4(C=C)CC4)cc32)S1. The van der Waals surface area contributed by atoms with Gasteiger partial charge >= 0.3 is 5.69 Å². The second-order valence-electron chi connectivity index (χ2n) is 9.14. The third-order valence-corrected chi connectivity index (χ3v) is 9.48. The fraction of sp³-hybridized carbons (Fsp3) is 0.522. The first-order chi connectivity index (χ1) is 16.4. The minimum absolute atomic E-state index is 0.121. The van der Waals surface area contributed by atoms with Crippen molar-refractivity contribution in [2.24, 2.45) is 10.2 Å². The Balaban J connectivity index is 1.54. The van der Waals surface area contributed by atoms with Crippen LogP contribution in [0.25, 0.3) is 11.0 Å². The Morgan fingerprint density at radius 1 is 1.12 bits per heavy atom. The molecule has 182 valence electrons. The van der Waals surface area contributed by atoms with Crippen LogP contribution in [-0.4, -0.2) is 53.0 Å². The van der Waals surface area contributed by atoms with Gasteiger partial charge in [-0.15, -0.1) is 13.2 Å². The summed E-state index contributed by atoms with van der Waals surface area (Å²) in [7, 11) is -3.78. The summed E-state index contributed by atoms with van der Waals surface area (Å²) >= 11 is 1.40. The molecule has 1 saturated carbocycles. The number of sulfonamides is 1. The van der Waals surface area contributed by atoms with Crippen molar-refractivity contribution < 1.29 is 8.42 Å². The first-order valence-corrected chi connectivity index (χ1v) is 14.1. The molecule has 2 fully saturated rings. The zero-order valence-corrected chi connectivity index (χ0v) is 20.7. The number of azo groups is 1. The molecule has 0 bridgehead atoms. The highest BCUT2D eigenvalue weighted by molar-refractivity contribution is 8.00. The molecule has 3 heterocycles. The van der Waals surface area contributed by atoms with Gasteiger partial charge in [0.1, 0.15) is 5.37 Å². The van der Waals surface area contributed by atoms with E-state index in [4.69, 9.17) is 0 Å². The van der Waals surface area contributed by atoms with E-state index in [1.807, 2.05) is 0 Å². The van der Waals surface area contributed by atoms with Gasteiger partial charge in [0.05, 0.1) is 21.5 Å². The van der Waals surface area contributed by atoms with E-state index >= 15 is 0 Å². The molecule has 0 spiro atoms. The predicted molar refractivity (Wildman–Crippen MR) is 134 cm³/mol. The monoisotopic (exact) mass is 502 g/mol. The lowest BCUT2D eigenvalue weighted by Gasteiger charge is -2.26. The highest BCUT2D eigenvalue weighted by Gasteiger charge is 2.43. The van der Waals surface area contributed by atoms with E-state index in [1.54, 1.807) is 39.5 Å². The molecule has 0 amide bonds. The van der Waals surface area contributed by atoms with Gasteiger partial charge in [-0.25, -0.2) is 17.9 Å². The summed E-state index contributed by atoms with van der Waals surface area (Å²) in [5.41, 5.74) is -0.107. The third kappa shape index (κ3) is 4.41. The normalized spacial score (nSPS) is 24.5. The predicted octanol–water partition coefficient (Wildman–Crippen LogP) is 3.45. The van der Waals surface area contributed by atoms with Crippen molar-refractivity contribution in [1.29, 1.82) is 0 Å². The lowest BCUT2D eigenvalue weighted by molar-refractivity contribution is 0.220. The highest BCUT2D eigenvalue weighted by atomic mass is 32.2. The number of fused-ring (bicyclic) bond motifs is 1. The molecule has 11 heteroatoms. The van der Waals surface area contributed by atoms with Gasteiger partial charge in [0.2, 0.25) is 10.0 Å². The average Bonchev–Trinajstić information content (AvgIpc) is 3.33. The maximum atomic E-state index is 13.6. The third-order valence-electron chi connectivity index (χ3n) is 6.81. The number of rotatable bonds is 9. The number of thioether (sulfide) groups is 1. The van der Waals surface area contributed by atoms with E-state index in [-0.39, 0.29) is 16.0 Å². The van der Waals surface area contributed by atoms with Crippen LogP contribution in [0.4, 0.5) is 0 Å². The summed E-state index contributed by atoms with van der Waals surface area (Å²) in [5, 5.41) is 8.23. The molecule has 34 heavy (non-hydrogen) atoms. The lowest BCUT2D eigenvalue weighted by Crippen LogP contribution is -2.35. The van der Waals surface area contributed by atoms with Crippen LogP contribution in [0, 0.1) is 0 Å². The molecule has 1 aromatic heterocycles. The smallest absolute Gasteiger partial charge is 0.302 e. The largest absolute Gasteiger partial charge is 0.331 e. The molecule has 2 aliphatic heterocycles. The second-order valence-corrected chi connectivity index (χ2v) is 12.0. The standard InChI is InChI=1S/C23H30N6O3S2/c1-3-20-24-25-21(33-20)29-19-16-17(34(31,32)26-23(4-2)10-11-23)8-9-18(19)28(22(29)30)15-14-27-12-6-5-7-13-27/h3-4,8-9,16,20-21,26H,1-2,5-7,10-15H2. The zero-order chi connectivity index (χ0) is 23.9.